The average Bonchev–Trinajstić information content (AvgIpc) is 2.73. The van der Waals surface area contributed by atoms with Crippen molar-refractivity contribution >= 4 is 11.8 Å². The highest BCUT2D eigenvalue weighted by atomic mass is 16.3. The SMILES string of the molecule is O=C1[C@H]2CC=CC[C@H]2C(=O)N1CC1CCCCC1CO. The first-order chi connectivity index (χ1) is 9.72. The third-order valence-corrected chi connectivity index (χ3v) is 5.32. The van der Waals surface area contributed by atoms with Crippen LogP contribution in [0.4, 0.5) is 0 Å². The van der Waals surface area contributed by atoms with Crippen molar-refractivity contribution in [2.45, 2.75) is 38.5 Å². The van der Waals surface area contributed by atoms with Crippen LogP contribution in [0.3, 0.4) is 0 Å². The van der Waals surface area contributed by atoms with Gasteiger partial charge in [0.25, 0.3) is 0 Å². The Morgan fingerprint density at radius 3 is 2.10 bits per heavy atom. The van der Waals surface area contributed by atoms with Crippen LogP contribution >= 0.6 is 0 Å². The number of aliphatic hydroxyl groups is 1. The third-order valence-electron chi connectivity index (χ3n) is 5.32. The van der Waals surface area contributed by atoms with Crippen LogP contribution in [0.1, 0.15) is 38.5 Å². The number of nitrogens with zero attached hydrogens (tertiary/aromatic N) is 1. The van der Waals surface area contributed by atoms with Crippen LogP contribution in [0.5, 0.6) is 0 Å². The smallest absolute Gasteiger partial charge is 0.233 e. The standard InChI is InChI=1S/C16H23NO3/c18-10-12-6-2-1-5-11(12)9-17-15(19)13-7-3-4-8-14(13)16(17)20/h3-4,11-14,18H,1-2,5-10H2/t11?,12?,13-,14+. The summed E-state index contributed by atoms with van der Waals surface area (Å²) in [6, 6.07) is 0. The molecule has 4 nitrogen and oxygen atoms in total. The number of rotatable bonds is 3. The predicted molar refractivity (Wildman–Crippen MR) is 74.6 cm³/mol. The van der Waals surface area contributed by atoms with Gasteiger partial charge in [-0.15, -0.1) is 0 Å². The van der Waals surface area contributed by atoms with Gasteiger partial charge in [-0.25, -0.2) is 0 Å². The maximum absolute atomic E-state index is 12.4. The summed E-state index contributed by atoms with van der Waals surface area (Å²) in [7, 11) is 0. The maximum atomic E-state index is 12.4. The first-order valence-electron chi connectivity index (χ1n) is 7.83. The van der Waals surface area contributed by atoms with E-state index in [1.165, 1.54) is 4.90 Å². The molecule has 1 heterocycles. The van der Waals surface area contributed by atoms with E-state index in [2.05, 4.69) is 0 Å². The van der Waals surface area contributed by atoms with Crippen LogP contribution in [-0.2, 0) is 9.59 Å². The Kier molecular flexibility index (Phi) is 3.92. The molecular formula is C16H23NO3. The van der Waals surface area contributed by atoms with Crippen LogP contribution in [0.25, 0.3) is 0 Å². The molecule has 2 aliphatic carbocycles. The molecule has 0 spiro atoms. The average molecular weight is 277 g/mol. The molecule has 0 aromatic carbocycles. The molecular weight excluding hydrogens is 254 g/mol. The summed E-state index contributed by atoms with van der Waals surface area (Å²) >= 11 is 0. The lowest BCUT2D eigenvalue weighted by molar-refractivity contribution is -0.141. The first kappa shape index (κ1) is 13.8. The van der Waals surface area contributed by atoms with Gasteiger partial charge in [0, 0.05) is 13.2 Å². The van der Waals surface area contributed by atoms with Crippen molar-refractivity contribution < 1.29 is 14.7 Å². The monoisotopic (exact) mass is 277 g/mol. The van der Waals surface area contributed by atoms with Crippen molar-refractivity contribution in [3.8, 4) is 0 Å². The number of amides is 2. The highest BCUT2D eigenvalue weighted by molar-refractivity contribution is 6.05. The van der Waals surface area contributed by atoms with Crippen LogP contribution in [0, 0.1) is 23.7 Å². The van der Waals surface area contributed by atoms with Gasteiger partial charge in [0.15, 0.2) is 0 Å². The predicted octanol–water partition coefficient (Wildman–Crippen LogP) is 1.74. The fourth-order valence-electron chi connectivity index (χ4n) is 4.05. The molecule has 4 heteroatoms. The Morgan fingerprint density at radius 2 is 1.55 bits per heavy atom. The Labute approximate surface area is 119 Å². The molecule has 3 aliphatic rings. The van der Waals surface area contributed by atoms with Gasteiger partial charge in [-0.3, -0.25) is 14.5 Å². The lowest BCUT2D eigenvalue weighted by Gasteiger charge is -2.32. The maximum Gasteiger partial charge on any atom is 0.233 e. The van der Waals surface area contributed by atoms with E-state index in [9.17, 15) is 14.7 Å². The van der Waals surface area contributed by atoms with Crippen molar-refractivity contribution in [2.24, 2.45) is 23.7 Å². The van der Waals surface area contributed by atoms with Gasteiger partial charge in [0.2, 0.25) is 11.8 Å². The van der Waals surface area contributed by atoms with E-state index >= 15 is 0 Å². The quantitative estimate of drug-likeness (QED) is 0.631. The van der Waals surface area contributed by atoms with E-state index < -0.39 is 0 Å². The number of hydrogen-bond donors (Lipinski definition) is 1. The zero-order chi connectivity index (χ0) is 14.1. The number of fused-ring (bicyclic) bond motifs is 1. The molecule has 20 heavy (non-hydrogen) atoms. The molecule has 4 atom stereocenters. The molecule has 3 rings (SSSR count). The van der Waals surface area contributed by atoms with Gasteiger partial charge < -0.3 is 5.11 Å². The zero-order valence-electron chi connectivity index (χ0n) is 11.8. The first-order valence-corrected chi connectivity index (χ1v) is 7.83. The summed E-state index contributed by atoms with van der Waals surface area (Å²) in [5.41, 5.74) is 0. The second-order valence-electron chi connectivity index (χ2n) is 6.43. The number of carbonyl (C=O) groups is 2. The molecule has 2 fully saturated rings. The van der Waals surface area contributed by atoms with Gasteiger partial charge in [0.1, 0.15) is 0 Å². The number of hydrogen-bond acceptors (Lipinski definition) is 3. The van der Waals surface area contributed by atoms with Gasteiger partial charge in [0.05, 0.1) is 11.8 Å². The molecule has 1 saturated heterocycles. The van der Waals surface area contributed by atoms with E-state index in [1.807, 2.05) is 12.2 Å². The lowest BCUT2D eigenvalue weighted by atomic mass is 9.79. The minimum absolute atomic E-state index is 0.0200. The highest BCUT2D eigenvalue weighted by Crippen LogP contribution is 2.37. The van der Waals surface area contributed by atoms with Crippen LogP contribution in [0.2, 0.25) is 0 Å². The molecule has 2 amide bonds. The van der Waals surface area contributed by atoms with Gasteiger partial charge in [-0.1, -0.05) is 25.0 Å². The summed E-state index contributed by atoms with van der Waals surface area (Å²) in [4.78, 5) is 26.4. The molecule has 0 aromatic heterocycles. The number of imide groups is 1. The van der Waals surface area contributed by atoms with E-state index in [0.29, 0.717) is 19.4 Å². The minimum atomic E-state index is -0.122. The van der Waals surface area contributed by atoms with Gasteiger partial charge >= 0.3 is 0 Å². The van der Waals surface area contributed by atoms with Gasteiger partial charge in [-0.05, 0) is 37.5 Å². The minimum Gasteiger partial charge on any atom is -0.396 e. The number of likely N-dealkylation sites (tertiary alicyclic amines) is 1. The Hall–Kier alpha value is -1.16. The number of carbonyl (C=O) groups excluding carboxylic acids is 2. The summed E-state index contributed by atoms with van der Waals surface area (Å²) in [6.07, 6.45) is 9.80. The second-order valence-corrected chi connectivity index (χ2v) is 6.43. The van der Waals surface area contributed by atoms with Crippen molar-refractivity contribution in [3.63, 3.8) is 0 Å². The summed E-state index contributed by atoms with van der Waals surface area (Å²) in [5, 5.41) is 9.48. The van der Waals surface area contributed by atoms with E-state index in [1.54, 1.807) is 0 Å². The normalized spacial score (nSPS) is 37.4. The molecule has 0 bridgehead atoms. The fraction of sp³-hybridized carbons (Fsp3) is 0.750. The van der Waals surface area contributed by atoms with E-state index in [0.717, 1.165) is 25.7 Å². The molecule has 1 saturated carbocycles. The summed E-state index contributed by atoms with van der Waals surface area (Å²) in [5.74, 6) is 0.338. The van der Waals surface area contributed by atoms with Gasteiger partial charge in [-0.2, -0.15) is 0 Å². The highest BCUT2D eigenvalue weighted by Gasteiger charge is 2.48. The van der Waals surface area contributed by atoms with Crippen LogP contribution in [0.15, 0.2) is 12.2 Å². The zero-order valence-corrected chi connectivity index (χ0v) is 11.8. The van der Waals surface area contributed by atoms with Crippen molar-refractivity contribution in [3.05, 3.63) is 12.2 Å². The number of aliphatic hydroxyl groups excluding tert-OH is 1. The fourth-order valence-corrected chi connectivity index (χ4v) is 4.05. The van der Waals surface area contributed by atoms with E-state index in [4.69, 9.17) is 0 Å². The molecule has 0 aromatic rings. The Balaban J connectivity index is 1.71. The van der Waals surface area contributed by atoms with Crippen LogP contribution < -0.4 is 0 Å². The third kappa shape index (κ3) is 2.30. The molecule has 1 N–H and O–H groups in total. The van der Waals surface area contributed by atoms with E-state index in [-0.39, 0.29) is 42.1 Å². The molecule has 110 valence electrons. The van der Waals surface area contributed by atoms with Crippen LogP contribution in [-0.4, -0.2) is 35.0 Å². The second kappa shape index (κ2) is 5.68. The molecule has 0 radical (unpaired) electrons. The Bertz CT molecular complexity index is 405. The Morgan fingerprint density at radius 1 is 1.00 bits per heavy atom. The largest absolute Gasteiger partial charge is 0.396 e. The lowest BCUT2D eigenvalue weighted by Crippen LogP contribution is -2.39. The topological polar surface area (TPSA) is 57.6 Å². The van der Waals surface area contributed by atoms with Crippen molar-refractivity contribution in [1.82, 2.24) is 4.90 Å². The van der Waals surface area contributed by atoms with Crippen molar-refractivity contribution in [1.29, 1.82) is 0 Å². The summed E-state index contributed by atoms with van der Waals surface area (Å²) in [6.45, 7) is 0.700. The summed E-state index contributed by atoms with van der Waals surface area (Å²) < 4.78 is 0. The number of allylic oxidation sites excluding steroid dienone is 2. The molecule has 1 aliphatic heterocycles. The van der Waals surface area contributed by atoms with Crippen molar-refractivity contribution in [2.75, 3.05) is 13.2 Å². The molecule has 2 unspecified atom stereocenters.